The van der Waals surface area contributed by atoms with Crippen molar-refractivity contribution in [3.63, 3.8) is 0 Å². The van der Waals surface area contributed by atoms with E-state index < -0.39 is 5.91 Å². The van der Waals surface area contributed by atoms with Gasteiger partial charge in [-0.3, -0.25) is 9.59 Å². The molecule has 0 N–H and O–H groups in total. The molecule has 1 fully saturated rings. The van der Waals surface area contributed by atoms with Crippen LogP contribution in [0.2, 0.25) is 0 Å². The van der Waals surface area contributed by atoms with E-state index in [1.54, 1.807) is 6.07 Å². The maximum absolute atomic E-state index is 13.0. The van der Waals surface area contributed by atoms with E-state index in [2.05, 4.69) is 6.92 Å². The van der Waals surface area contributed by atoms with Crippen molar-refractivity contribution in [3.05, 3.63) is 40.1 Å². The van der Waals surface area contributed by atoms with E-state index in [4.69, 9.17) is 11.6 Å². The topological polar surface area (TPSA) is 40.6 Å². The second-order valence-electron chi connectivity index (χ2n) is 6.37. The minimum Gasteiger partial charge on any atom is -0.363 e. The molecule has 4 nitrogen and oxygen atoms in total. The van der Waals surface area contributed by atoms with Gasteiger partial charge in [0.15, 0.2) is 0 Å². The average Bonchev–Trinajstić information content (AvgIpc) is 2.74. The predicted molar refractivity (Wildman–Crippen MR) is 91.3 cm³/mol. The Morgan fingerprint density at radius 1 is 1.13 bits per heavy atom. The van der Waals surface area contributed by atoms with Crippen molar-refractivity contribution in [2.45, 2.75) is 46.1 Å². The number of rotatable bonds is 2. The number of hydrogen-bond donors (Lipinski definition) is 0. The molecule has 0 aliphatic carbocycles. The van der Waals surface area contributed by atoms with Gasteiger partial charge in [-0.1, -0.05) is 23.7 Å². The van der Waals surface area contributed by atoms with Crippen molar-refractivity contribution in [1.82, 2.24) is 4.90 Å². The number of benzene rings is 1. The standard InChI is InChI=1S/C18H21ClN2O2/c1-11-7-6-9-14(13(11)3)21-17(22)15(19)16(18(21)23)20-10-5-4-8-12(20)2/h6-7,9,12H,4-5,8,10H2,1-3H3. The Balaban J connectivity index is 2.01. The van der Waals surface area contributed by atoms with Crippen LogP contribution in [-0.2, 0) is 9.59 Å². The fourth-order valence-electron chi connectivity index (χ4n) is 3.37. The van der Waals surface area contributed by atoms with E-state index in [-0.39, 0.29) is 17.0 Å². The summed E-state index contributed by atoms with van der Waals surface area (Å²) in [7, 11) is 0. The Hall–Kier alpha value is -1.81. The Morgan fingerprint density at radius 3 is 2.57 bits per heavy atom. The number of carbonyl (C=O) groups excluding carboxylic acids is 2. The molecule has 1 aromatic rings. The first-order valence-corrected chi connectivity index (χ1v) is 8.42. The van der Waals surface area contributed by atoms with E-state index in [0.29, 0.717) is 11.4 Å². The lowest BCUT2D eigenvalue weighted by Crippen LogP contribution is -2.41. The number of imide groups is 1. The minimum absolute atomic E-state index is 0.0460. The Labute approximate surface area is 141 Å². The molecule has 1 atom stereocenters. The zero-order valence-electron chi connectivity index (χ0n) is 13.7. The molecular weight excluding hydrogens is 312 g/mol. The minimum atomic E-state index is -0.418. The molecule has 23 heavy (non-hydrogen) atoms. The predicted octanol–water partition coefficient (Wildman–Crippen LogP) is 3.50. The third-order valence-corrected chi connectivity index (χ3v) is 5.25. The first-order valence-electron chi connectivity index (χ1n) is 8.05. The monoisotopic (exact) mass is 332 g/mol. The van der Waals surface area contributed by atoms with Gasteiger partial charge < -0.3 is 4.90 Å². The van der Waals surface area contributed by atoms with Crippen LogP contribution in [0.3, 0.4) is 0 Å². The molecule has 2 heterocycles. The van der Waals surface area contributed by atoms with Gasteiger partial charge in [0.25, 0.3) is 11.8 Å². The van der Waals surface area contributed by atoms with Crippen LogP contribution in [-0.4, -0.2) is 29.3 Å². The van der Waals surface area contributed by atoms with Crippen molar-refractivity contribution in [2.24, 2.45) is 0 Å². The smallest absolute Gasteiger partial charge is 0.283 e. The van der Waals surface area contributed by atoms with E-state index >= 15 is 0 Å². The molecule has 122 valence electrons. The summed E-state index contributed by atoms with van der Waals surface area (Å²) in [5, 5.41) is 0.0460. The van der Waals surface area contributed by atoms with Gasteiger partial charge in [0.1, 0.15) is 10.7 Å². The van der Waals surface area contributed by atoms with Crippen molar-refractivity contribution in [3.8, 4) is 0 Å². The summed E-state index contributed by atoms with van der Waals surface area (Å²) in [6.07, 6.45) is 3.17. The van der Waals surface area contributed by atoms with Gasteiger partial charge in [0, 0.05) is 12.6 Å². The summed E-state index contributed by atoms with van der Waals surface area (Å²) in [5.41, 5.74) is 2.95. The lowest BCUT2D eigenvalue weighted by molar-refractivity contribution is -0.121. The Kier molecular flexibility index (Phi) is 4.19. The molecule has 0 saturated carbocycles. The van der Waals surface area contributed by atoms with Crippen LogP contribution in [0.4, 0.5) is 5.69 Å². The molecule has 0 bridgehead atoms. The highest BCUT2D eigenvalue weighted by molar-refractivity contribution is 6.52. The lowest BCUT2D eigenvalue weighted by Gasteiger charge is -2.35. The number of nitrogens with zero attached hydrogens (tertiary/aromatic N) is 2. The number of amides is 2. The van der Waals surface area contributed by atoms with Gasteiger partial charge in [0.2, 0.25) is 0 Å². The van der Waals surface area contributed by atoms with E-state index in [1.807, 2.05) is 30.9 Å². The molecular formula is C18H21ClN2O2. The third-order valence-electron chi connectivity index (χ3n) is 4.91. The molecule has 2 aliphatic rings. The second kappa shape index (κ2) is 6.00. The van der Waals surface area contributed by atoms with Crippen LogP contribution < -0.4 is 4.90 Å². The van der Waals surface area contributed by atoms with Gasteiger partial charge in [-0.2, -0.15) is 0 Å². The number of hydrogen-bond acceptors (Lipinski definition) is 3. The number of halogens is 1. The molecule has 1 saturated heterocycles. The summed E-state index contributed by atoms with van der Waals surface area (Å²) < 4.78 is 0. The summed E-state index contributed by atoms with van der Waals surface area (Å²) in [6.45, 7) is 6.73. The fourth-order valence-corrected chi connectivity index (χ4v) is 3.64. The van der Waals surface area contributed by atoms with Crippen molar-refractivity contribution in [2.75, 3.05) is 11.4 Å². The van der Waals surface area contributed by atoms with E-state index in [1.165, 1.54) is 4.90 Å². The molecule has 0 radical (unpaired) electrons. The van der Waals surface area contributed by atoms with Gasteiger partial charge >= 0.3 is 0 Å². The molecule has 1 unspecified atom stereocenters. The number of anilines is 1. The third kappa shape index (κ3) is 2.55. The molecule has 0 aromatic heterocycles. The van der Waals surface area contributed by atoms with Crippen LogP contribution in [0.5, 0.6) is 0 Å². The average molecular weight is 333 g/mol. The van der Waals surface area contributed by atoms with Gasteiger partial charge in [-0.15, -0.1) is 0 Å². The molecule has 5 heteroatoms. The number of aryl methyl sites for hydroxylation is 1. The second-order valence-corrected chi connectivity index (χ2v) is 6.74. The highest BCUT2D eigenvalue weighted by Crippen LogP contribution is 2.35. The summed E-state index contributed by atoms with van der Waals surface area (Å²) in [5.74, 6) is -0.722. The first-order chi connectivity index (χ1) is 10.9. The zero-order chi connectivity index (χ0) is 16.7. The highest BCUT2D eigenvalue weighted by atomic mass is 35.5. The molecule has 2 amide bonds. The first kappa shape index (κ1) is 16.1. The van der Waals surface area contributed by atoms with Crippen LogP contribution in [0.25, 0.3) is 0 Å². The largest absolute Gasteiger partial charge is 0.363 e. The molecule has 0 spiro atoms. The lowest BCUT2D eigenvalue weighted by atomic mass is 10.0. The summed E-state index contributed by atoms with van der Waals surface area (Å²) >= 11 is 6.28. The van der Waals surface area contributed by atoms with Gasteiger partial charge in [0.05, 0.1) is 5.69 Å². The fraction of sp³-hybridized carbons (Fsp3) is 0.444. The van der Waals surface area contributed by atoms with Crippen molar-refractivity contribution >= 4 is 29.1 Å². The van der Waals surface area contributed by atoms with Crippen LogP contribution in [0, 0.1) is 13.8 Å². The maximum atomic E-state index is 13.0. The molecule has 3 rings (SSSR count). The highest BCUT2D eigenvalue weighted by Gasteiger charge is 2.43. The normalized spacial score (nSPS) is 22.3. The summed E-state index contributed by atoms with van der Waals surface area (Å²) in [6, 6.07) is 5.84. The van der Waals surface area contributed by atoms with Crippen molar-refractivity contribution in [1.29, 1.82) is 0 Å². The van der Waals surface area contributed by atoms with Crippen LogP contribution in [0.15, 0.2) is 28.9 Å². The Bertz CT molecular complexity index is 711. The molecule has 2 aliphatic heterocycles. The SMILES string of the molecule is Cc1cccc(N2C(=O)C(Cl)=C(N3CCCCC3C)C2=O)c1C. The quantitative estimate of drug-likeness (QED) is 0.778. The van der Waals surface area contributed by atoms with Crippen LogP contribution in [0.1, 0.15) is 37.3 Å². The van der Waals surface area contributed by atoms with Crippen molar-refractivity contribution < 1.29 is 9.59 Å². The zero-order valence-corrected chi connectivity index (χ0v) is 14.5. The summed E-state index contributed by atoms with van der Waals surface area (Å²) in [4.78, 5) is 28.8. The number of piperidine rings is 1. The Morgan fingerprint density at radius 2 is 1.87 bits per heavy atom. The van der Waals surface area contributed by atoms with E-state index in [0.717, 1.165) is 36.9 Å². The van der Waals surface area contributed by atoms with E-state index in [9.17, 15) is 9.59 Å². The maximum Gasteiger partial charge on any atom is 0.283 e. The number of carbonyl (C=O) groups is 2. The van der Waals surface area contributed by atoms with Gasteiger partial charge in [-0.25, -0.2) is 4.90 Å². The molecule has 1 aromatic carbocycles. The van der Waals surface area contributed by atoms with Crippen LogP contribution >= 0.6 is 11.6 Å². The van der Waals surface area contributed by atoms with Gasteiger partial charge in [-0.05, 0) is 57.2 Å². The number of likely N-dealkylation sites (tertiary alicyclic amines) is 1.